The maximum absolute atomic E-state index is 3.99. The van der Waals surface area contributed by atoms with Gasteiger partial charge in [0.2, 0.25) is 0 Å². The third-order valence-electron chi connectivity index (χ3n) is 5.92. The fourth-order valence-corrected chi connectivity index (χ4v) is 4.72. The molecule has 2 aliphatic heterocycles. The van der Waals surface area contributed by atoms with Gasteiger partial charge in [-0.15, -0.1) is 0 Å². The Morgan fingerprint density at radius 2 is 1.65 bits per heavy atom. The van der Waals surface area contributed by atoms with Crippen molar-refractivity contribution in [3.05, 3.63) is 35.4 Å². The summed E-state index contributed by atoms with van der Waals surface area (Å²) in [6.45, 7) is 0. The zero-order chi connectivity index (χ0) is 13.5. The van der Waals surface area contributed by atoms with Gasteiger partial charge in [-0.2, -0.15) is 0 Å². The smallest absolute Gasteiger partial charge is 0.0113 e. The molecule has 1 N–H and O–H groups in total. The van der Waals surface area contributed by atoms with Crippen molar-refractivity contribution >= 4 is 0 Å². The molecular weight excluding hydrogens is 244 g/mol. The number of benzene rings is 1. The zero-order valence-corrected chi connectivity index (χ0v) is 12.5. The fraction of sp³-hybridized carbons (Fsp3) is 0.667. The molecule has 1 aromatic rings. The van der Waals surface area contributed by atoms with Crippen LogP contribution in [0.3, 0.4) is 0 Å². The second-order valence-corrected chi connectivity index (χ2v) is 7.09. The fourth-order valence-electron chi connectivity index (χ4n) is 4.72. The summed E-state index contributed by atoms with van der Waals surface area (Å²) >= 11 is 0. The van der Waals surface area contributed by atoms with Gasteiger partial charge in [0.05, 0.1) is 0 Å². The van der Waals surface area contributed by atoms with E-state index < -0.39 is 0 Å². The second kappa shape index (κ2) is 5.16. The molecule has 3 atom stereocenters. The number of fused-ring (bicyclic) bond motifs is 3. The number of hydrogen-bond donors (Lipinski definition) is 1. The maximum Gasteiger partial charge on any atom is 0.0113 e. The lowest BCUT2D eigenvalue weighted by atomic mass is 9.87. The first-order valence-corrected chi connectivity index (χ1v) is 8.34. The van der Waals surface area contributed by atoms with Crippen LogP contribution in [-0.4, -0.2) is 36.1 Å². The van der Waals surface area contributed by atoms with Crippen molar-refractivity contribution in [2.45, 2.75) is 69.1 Å². The van der Waals surface area contributed by atoms with Crippen LogP contribution in [0.2, 0.25) is 0 Å². The van der Waals surface area contributed by atoms with E-state index in [-0.39, 0.29) is 0 Å². The molecule has 4 rings (SSSR count). The minimum absolute atomic E-state index is 0.706. The van der Waals surface area contributed by atoms with E-state index in [4.69, 9.17) is 0 Å². The van der Waals surface area contributed by atoms with Crippen LogP contribution in [-0.2, 0) is 12.8 Å². The lowest BCUT2D eigenvalue weighted by molar-refractivity contribution is 0.141. The van der Waals surface area contributed by atoms with Gasteiger partial charge >= 0.3 is 0 Å². The molecule has 20 heavy (non-hydrogen) atoms. The van der Waals surface area contributed by atoms with Gasteiger partial charge < -0.3 is 10.2 Å². The lowest BCUT2D eigenvalue weighted by Crippen LogP contribution is -2.50. The Bertz CT molecular complexity index is 470. The van der Waals surface area contributed by atoms with Crippen molar-refractivity contribution < 1.29 is 0 Å². The van der Waals surface area contributed by atoms with E-state index in [0.29, 0.717) is 6.04 Å². The minimum atomic E-state index is 0.706. The maximum atomic E-state index is 3.99. The first-order chi connectivity index (χ1) is 9.79. The number of nitrogens with zero attached hydrogens (tertiary/aromatic N) is 1. The van der Waals surface area contributed by atoms with Crippen molar-refractivity contribution in [3.63, 3.8) is 0 Å². The monoisotopic (exact) mass is 270 g/mol. The molecule has 2 saturated heterocycles. The van der Waals surface area contributed by atoms with Gasteiger partial charge in [-0.25, -0.2) is 0 Å². The topological polar surface area (TPSA) is 15.3 Å². The van der Waals surface area contributed by atoms with Crippen LogP contribution in [0.15, 0.2) is 24.3 Å². The molecule has 1 aliphatic carbocycles. The highest BCUT2D eigenvalue weighted by molar-refractivity contribution is 5.30. The van der Waals surface area contributed by atoms with Gasteiger partial charge in [-0.3, -0.25) is 0 Å². The molecule has 3 aliphatic rings. The Morgan fingerprint density at radius 3 is 2.40 bits per heavy atom. The number of nitrogens with one attached hydrogen (secondary N) is 1. The van der Waals surface area contributed by atoms with Crippen LogP contribution >= 0.6 is 0 Å². The molecule has 2 fully saturated rings. The first kappa shape index (κ1) is 12.8. The summed E-state index contributed by atoms with van der Waals surface area (Å²) in [6, 6.07) is 12.2. The van der Waals surface area contributed by atoms with Gasteiger partial charge in [-0.05, 0) is 63.1 Å². The minimum Gasteiger partial charge on any atom is -0.311 e. The van der Waals surface area contributed by atoms with Gasteiger partial charge in [0.1, 0.15) is 0 Å². The van der Waals surface area contributed by atoms with Crippen LogP contribution in [0.25, 0.3) is 0 Å². The van der Waals surface area contributed by atoms with E-state index in [2.05, 4.69) is 41.5 Å². The summed E-state index contributed by atoms with van der Waals surface area (Å²) in [5.41, 5.74) is 3.15. The molecule has 2 nitrogen and oxygen atoms in total. The van der Waals surface area contributed by atoms with Crippen LogP contribution in [0.4, 0.5) is 0 Å². The predicted molar refractivity (Wildman–Crippen MR) is 83.0 cm³/mol. The second-order valence-electron chi connectivity index (χ2n) is 7.09. The highest BCUT2D eigenvalue weighted by atomic mass is 15.2. The summed E-state index contributed by atoms with van der Waals surface area (Å²) in [5.74, 6) is 0. The molecule has 2 heterocycles. The molecule has 108 valence electrons. The molecule has 0 saturated carbocycles. The lowest BCUT2D eigenvalue weighted by Gasteiger charge is -2.39. The van der Waals surface area contributed by atoms with Gasteiger partial charge in [0.15, 0.2) is 0 Å². The molecule has 0 aromatic heterocycles. The normalized spacial score (nSPS) is 36.9. The molecule has 0 radical (unpaired) electrons. The molecule has 0 spiro atoms. The number of hydrogen-bond acceptors (Lipinski definition) is 2. The first-order valence-electron chi connectivity index (χ1n) is 8.34. The Kier molecular flexibility index (Phi) is 3.31. The number of rotatable bonds is 2. The summed E-state index contributed by atoms with van der Waals surface area (Å²) < 4.78 is 0. The molecule has 0 amide bonds. The van der Waals surface area contributed by atoms with E-state index in [1.165, 1.54) is 44.9 Å². The highest BCUT2D eigenvalue weighted by Gasteiger charge is 2.38. The Morgan fingerprint density at radius 1 is 0.950 bits per heavy atom. The SMILES string of the molecule is CN1C2CCC1CC(NC1CCc3ccccc3C1)C2. The zero-order valence-electron chi connectivity index (χ0n) is 12.5. The van der Waals surface area contributed by atoms with Crippen LogP contribution < -0.4 is 5.32 Å². The average Bonchev–Trinajstić information content (AvgIpc) is 2.70. The van der Waals surface area contributed by atoms with Crippen molar-refractivity contribution in [3.8, 4) is 0 Å². The van der Waals surface area contributed by atoms with E-state index in [1.807, 2.05) is 0 Å². The van der Waals surface area contributed by atoms with E-state index in [0.717, 1.165) is 18.1 Å². The van der Waals surface area contributed by atoms with Crippen molar-refractivity contribution in [1.29, 1.82) is 0 Å². The van der Waals surface area contributed by atoms with Gasteiger partial charge in [-0.1, -0.05) is 24.3 Å². The third-order valence-corrected chi connectivity index (χ3v) is 5.92. The summed E-state index contributed by atoms with van der Waals surface area (Å²) in [6.07, 6.45) is 9.39. The predicted octanol–water partition coefficient (Wildman–Crippen LogP) is 2.76. The van der Waals surface area contributed by atoms with Gasteiger partial charge in [0, 0.05) is 24.2 Å². The molecule has 1 aromatic carbocycles. The van der Waals surface area contributed by atoms with Crippen LogP contribution in [0.5, 0.6) is 0 Å². The Balaban J connectivity index is 1.39. The third kappa shape index (κ3) is 2.29. The van der Waals surface area contributed by atoms with E-state index in [9.17, 15) is 0 Å². The number of piperidine rings is 1. The Labute approximate surface area is 122 Å². The summed E-state index contributed by atoms with van der Waals surface area (Å²) in [4.78, 5) is 2.63. The average molecular weight is 270 g/mol. The highest BCUT2D eigenvalue weighted by Crippen LogP contribution is 2.34. The van der Waals surface area contributed by atoms with Crippen molar-refractivity contribution in [1.82, 2.24) is 10.2 Å². The Hall–Kier alpha value is -0.860. The van der Waals surface area contributed by atoms with Crippen LogP contribution in [0.1, 0.15) is 43.2 Å². The standard InChI is InChI=1S/C18H26N2/c1-20-17-8-9-18(20)12-16(11-17)19-15-7-6-13-4-2-3-5-14(13)10-15/h2-5,15-19H,6-12H2,1H3. The van der Waals surface area contributed by atoms with Crippen molar-refractivity contribution in [2.24, 2.45) is 0 Å². The largest absolute Gasteiger partial charge is 0.311 e. The van der Waals surface area contributed by atoms with Gasteiger partial charge in [0.25, 0.3) is 0 Å². The van der Waals surface area contributed by atoms with Crippen LogP contribution in [0, 0.1) is 0 Å². The molecule has 3 unspecified atom stereocenters. The van der Waals surface area contributed by atoms with Crippen molar-refractivity contribution in [2.75, 3.05) is 7.05 Å². The van der Waals surface area contributed by atoms with E-state index >= 15 is 0 Å². The van der Waals surface area contributed by atoms with E-state index in [1.54, 1.807) is 11.1 Å². The summed E-state index contributed by atoms with van der Waals surface area (Å²) in [7, 11) is 2.33. The molecule has 2 heteroatoms. The molecule has 2 bridgehead atoms. The quantitative estimate of drug-likeness (QED) is 0.889. The summed E-state index contributed by atoms with van der Waals surface area (Å²) in [5, 5.41) is 3.99. The number of aryl methyl sites for hydroxylation is 1. The molecular formula is C18H26N2.